The molecule has 1 heterocycles. The van der Waals surface area contributed by atoms with Gasteiger partial charge in [0.15, 0.2) is 0 Å². The van der Waals surface area contributed by atoms with E-state index in [2.05, 4.69) is 44.4 Å². The van der Waals surface area contributed by atoms with Gasteiger partial charge in [0.25, 0.3) is 0 Å². The first-order valence-corrected chi connectivity index (χ1v) is 9.13. The fourth-order valence-electron chi connectivity index (χ4n) is 3.12. The lowest BCUT2D eigenvalue weighted by Crippen LogP contribution is -2.25. The maximum atomic E-state index is 12.2. The quantitative estimate of drug-likeness (QED) is 0.578. The monoisotopic (exact) mass is 327 g/mol. The Bertz CT molecular complexity index is 737. The highest BCUT2D eigenvalue weighted by Gasteiger charge is 2.13. The van der Waals surface area contributed by atoms with Crippen molar-refractivity contribution in [1.29, 1.82) is 0 Å². The molecule has 0 amide bonds. The van der Waals surface area contributed by atoms with Crippen molar-refractivity contribution in [3.05, 3.63) is 46.3 Å². The fraction of sp³-hybridized carbons (Fsp3) is 0.476. The van der Waals surface area contributed by atoms with Gasteiger partial charge >= 0.3 is 5.63 Å². The average Bonchev–Trinajstić information content (AvgIpc) is 2.60. The molecule has 0 fully saturated rings. The third kappa shape index (κ3) is 3.89. The van der Waals surface area contributed by atoms with E-state index >= 15 is 0 Å². The Hall–Kier alpha value is -2.03. The number of fused-ring (bicyclic) bond motifs is 1. The van der Waals surface area contributed by atoms with Gasteiger partial charge in [0.05, 0.1) is 5.56 Å². The molecule has 0 aliphatic rings. The zero-order valence-electron chi connectivity index (χ0n) is 15.2. The van der Waals surface area contributed by atoms with Crippen LogP contribution < -0.4 is 10.5 Å². The Morgan fingerprint density at radius 2 is 1.79 bits per heavy atom. The van der Waals surface area contributed by atoms with Crippen LogP contribution in [0.3, 0.4) is 0 Å². The Morgan fingerprint density at radius 1 is 1.12 bits per heavy atom. The minimum absolute atomic E-state index is 0.292. The number of nitrogens with zero attached hydrogens (tertiary/aromatic N) is 1. The summed E-state index contributed by atoms with van der Waals surface area (Å²) in [6.45, 7) is 12.3. The molecule has 0 saturated heterocycles. The molecule has 1 aromatic carbocycles. The molecule has 0 bridgehead atoms. The van der Waals surface area contributed by atoms with Gasteiger partial charge in [0.1, 0.15) is 5.58 Å². The zero-order chi connectivity index (χ0) is 17.5. The molecule has 0 aliphatic heterocycles. The lowest BCUT2D eigenvalue weighted by Gasteiger charge is -2.25. The molecule has 0 aliphatic carbocycles. The van der Waals surface area contributed by atoms with Crippen LogP contribution in [0.2, 0.25) is 0 Å². The summed E-state index contributed by atoms with van der Waals surface area (Å²) in [5, 5.41) is 1.02. The maximum Gasteiger partial charge on any atom is 0.343 e. The molecule has 2 rings (SSSR count). The molecular formula is C21H29NO2. The average molecular weight is 327 g/mol. The van der Waals surface area contributed by atoms with Crippen molar-refractivity contribution >= 4 is 22.7 Å². The van der Waals surface area contributed by atoms with Gasteiger partial charge in [0.2, 0.25) is 0 Å². The van der Waals surface area contributed by atoms with E-state index in [0.717, 1.165) is 36.1 Å². The minimum Gasteiger partial charge on any atom is -0.422 e. The lowest BCUT2D eigenvalue weighted by molar-refractivity contribution is 0.557. The van der Waals surface area contributed by atoms with Crippen molar-refractivity contribution in [1.82, 2.24) is 0 Å². The summed E-state index contributed by atoms with van der Waals surface area (Å²) in [6.07, 6.45) is 7.08. The molecule has 0 atom stereocenters. The molecule has 0 radical (unpaired) electrons. The Labute approximate surface area is 145 Å². The van der Waals surface area contributed by atoms with E-state index < -0.39 is 0 Å². The van der Waals surface area contributed by atoms with E-state index in [1.165, 1.54) is 25.7 Å². The lowest BCUT2D eigenvalue weighted by atomic mass is 10.0. The highest BCUT2D eigenvalue weighted by molar-refractivity contribution is 5.86. The summed E-state index contributed by atoms with van der Waals surface area (Å²) in [7, 11) is 0. The third-order valence-corrected chi connectivity index (χ3v) is 4.52. The second-order valence-electron chi connectivity index (χ2n) is 6.21. The van der Waals surface area contributed by atoms with E-state index in [0.29, 0.717) is 11.1 Å². The molecule has 0 saturated carbocycles. The first kappa shape index (κ1) is 18.3. The second kappa shape index (κ2) is 8.72. The van der Waals surface area contributed by atoms with Crippen LogP contribution in [0.5, 0.6) is 0 Å². The van der Waals surface area contributed by atoms with E-state index in [9.17, 15) is 4.79 Å². The zero-order valence-corrected chi connectivity index (χ0v) is 15.2. The standard InChI is InChI=1S/C21H29NO2/c1-5-9-13-22(14-10-6-2)16-11-12-19-17(7-3)18(8-4)21(23)24-20(19)15-16/h8,11-12,15H,4-7,9-10,13-14H2,1-3H3. The van der Waals surface area contributed by atoms with Gasteiger partial charge < -0.3 is 9.32 Å². The van der Waals surface area contributed by atoms with Crippen LogP contribution in [-0.4, -0.2) is 13.1 Å². The van der Waals surface area contributed by atoms with Gasteiger partial charge in [-0.2, -0.15) is 0 Å². The summed E-state index contributed by atoms with van der Waals surface area (Å²) in [4.78, 5) is 14.6. The second-order valence-corrected chi connectivity index (χ2v) is 6.21. The van der Waals surface area contributed by atoms with Gasteiger partial charge in [-0.3, -0.25) is 0 Å². The number of unbranched alkanes of at least 4 members (excludes halogenated alkanes) is 2. The van der Waals surface area contributed by atoms with Gasteiger partial charge in [-0.05, 0) is 37.0 Å². The van der Waals surface area contributed by atoms with Gasteiger partial charge in [-0.25, -0.2) is 4.79 Å². The number of rotatable bonds is 9. The summed E-state index contributed by atoms with van der Waals surface area (Å²) in [6, 6.07) is 6.26. The highest BCUT2D eigenvalue weighted by atomic mass is 16.4. The topological polar surface area (TPSA) is 33.5 Å². The number of benzene rings is 1. The summed E-state index contributed by atoms with van der Waals surface area (Å²) < 4.78 is 5.57. The van der Waals surface area contributed by atoms with Crippen molar-refractivity contribution < 1.29 is 4.42 Å². The van der Waals surface area contributed by atoms with E-state index in [1.807, 2.05) is 6.07 Å². The van der Waals surface area contributed by atoms with Gasteiger partial charge in [-0.15, -0.1) is 0 Å². The Kier molecular flexibility index (Phi) is 6.65. The van der Waals surface area contributed by atoms with Gasteiger partial charge in [0, 0.05) is 30.2 Å². The van der Waals surface area contributed by atoms with Crippen LogP contribution in [-0.2, 0) is 6.42 Å². The first-order chi connectivity index (χ1) is 11.7. The van der Waals surface area contributed by atoms with Crippen molar-refractivity contribution in [2.75, 3.05) is 18.0 Å². The SMILES string of the molecule is C=Cc1c(CC)c2ccc(N(CCCC)CCCC)cc2oc1=O. The molecule has 0 N–H and O–H groups in total. The number of aryl methyl sites for hydroxylation is 1. The predicted molar refractivity (Wildman–Crippen MR) is 104 cm³/mol. The van der Waals surface area contributed by atoms with Crippen LogP contribution in [0.1, 0.15) is 57.6 Å². The van der Waals surface area contributed by atoms with Gasteiger partial charge in [-0.1, -0.05) is 46.3 Å². The highest BCUT2D eigenvalue weighted by Crippen LogP contribution is 2.26. The third-order valence-electron chi connectivity index (χ3n) is 4.52. The molecule has 130 valence electrons. The number of hydrogen-bond acceptors (Lipinski definition) is 3. The minimum atomic E-state index is -0.292. The summed E-state index contributed by atoms with van der Waals surface area (Å²) in [5.41, 5.74) is 3.14. The van der Waals surface area contributed by atoms with E-state index in [4.69, 9.17) is 4.42 Å². The first-order valence-electron chi connectivity index (χ1n) is 9.13. The normalized spacial score (nSPS) is 11.0. The molecule has 1 aromatic heterocycles. The Morgan fingerprint density at radius 3 is 2.33 bits per heavy atom. The predicted octanol–water partition coefficient (Wildman–Crippen LogP) is 5.41. The van der Waals surface area contributed by atoms with E-state index in [1.54, 1.807) is 6.08 Å². The molecule has 0 unspecified atom stereocenters. The van der Waals surface area contributed by atoms with Crippen molar-refractivity contribution in [3.63, 3.8) is 0 Å². The Balaban J connectivity index is 2.49. The van der Waals surface area contributed by atoms with Crippen molar-refractivity contribution in [3.8, 4) is 0 Å². The molecule has 3 nitrogen and oxygen atoms in total. The molecule has 3 heteroatoms. The smallest absolute Gasteiger partial charge is 0.343 e. The fourth-order valence-corrected chi connectivity index (χ4v) is 3.12. The van der Waals surface area contributed by atoms with Crippen LogP contribution in [0.25, 0.3) is 17.0 Å². The van der Waals surface area contributed by atoms with Crippen LogP contribution in [0.4, 0.5) is 5.69 Å². The summed E-state index contributed by atoms with van der Waals surface area (Å²) in [5.74, 6) is 0. The largest absolute Gasteiger partial charge is 0.422 e. The molecular weight excluding hydrogens is 298 g/mol. The molecule has 2 aromatic rings. The molecule has 0 spiro atoms. The maximum absolute atomic E-state index is 12.2. The molecule has 24 heavy (non-hydrogen) atoms. The number of anilines is 1. The van der Waals surface area contributed by atoms with Crippen LogP contribution in [0, 0.1) is 0 Å². The van der Waals surface area contributed by atoms with E-state index in [-0.39, 0.29) is 5.63 Å². The van der Waals surface area contributed by atoms with Crippen molar-refractivity contribution in [2.24, 2.45) is 0 Å². The van der Waals surface area contributed by atoms with Crippen LogP contribution >= 0.6 is 0 Å². The van der Waals surface area contributed by atoms with Crippen LogP contribution in [0.15, 0.2) is 34.0 Å². The summed E-state index contributed by atoms with van der Waals surface area (Å²) >= 11 is 0. The van der Waals surface area contributed by atoms with Crippen molar-refractivity contribution in [2.45, 2.75) is 52.9 Å². The number of hydrogen-bond donors (Lipinski definition) is 0.